The zero-order valence-electron chi connectivity index (χ0n) is 12.3. The van der Waals surface area contributed by atoms with Crippen LogP contribution in [0.3, 0.4) is 0 Å². The van der Waals surface area contributed by atoms with Crippen LogP contribution in [0.5, 0.6) is 0 Å². The van der Waals surface area contributed by atoms with Gasteiger partial charge in [0.25, 0.3) is 0 Å². The second kappa shape index (κ2) is 5.66. The summed E-state index contributed by atoms with van der Waals surface area (Å²) in [4.78, 5) is 4.68. The van der Waals surface area contributed by atoms with Crippen molar-refractivity contribution in [2.75, 3.05) is 6.54 Å². The summed E-state index contributed by atoms with van der Waals surface area (Å²) in [5, 5.41) is 3.73. The number of nitrogens with zero attached hydrogens (tertiary/aromatic N) is 2. The van der Waals surface area contributed by atoms with Crippen molar-refractivity contribution in [3.8, 4) is 0 Å². The van der Waals surface area contributed by atoms with Crippen LogP contribution >= 0.6 is 0 Å². The second-order valence-corrected chi connectivity index (χ2v) is 6.35. The number of hydrogen-bond acceptors (Lipinski definition) is 2. The monoisotopic (exact) mass is 261 g/mol. The molecule has 0 spiro atoms. The minimum atomic E-state index is 0.474. The van der Waals surface area contributed by atoms with Crippen molar-refractivity contribution in [3.63, 3.8) is 0 Å². The minimum Gasteiger partial charge on any atom is -0.334 e. The lowest BCUT2D eigenvalue weighted by molar-refractivity contribution is 0.241. The van der Waals surface area contributed by atoms with Crippen LogP contribution in [-0.2, 0) is 6.54 Å². The third-order valence-electron chi connectivity index (χ3n) is 5.14. The van der Waals surface area contributed by atoms with Gasteiger partial charge in [0.05, 0.1) is 6.04 Å². The van der Waals surface area contributed by atoms with Gasteiger partial charge in [0.1, 0.15) is 5.82 Å². The molecule has 1 aromatic rings. The molecule has 2 saturated carbocycles. The van der Waals surface area contributed by atoms with Crippen LogP contribution in [0.15, 0.2) is 12.4 Å². The van der Waals surface area contributed by atoms with E-state index in [-0.39, 0.29) is 0 Å². The molecule has 4 atom stereocenters. The zero-order valence-corrected chi connectivity index (χ0v) is 12.3. The van der Waals surface area contributed by atoms with E-state index in [9.17, 15) is 0 Å². The molecule has 2 aliphatic carbocycles. The fraction of sp³-hybridized carbons (Fsp3) is 0.812. The van der Waals surface area contributed by atoms with E-state index in [1.54, 1.807) is 0 Å². The average Bonchev–Trinajstić information content (AvgIpc) is 3.12. The lowest BCUT2D eigenvalue weighted by Gasteiger charge is -2.31. The van der Waals surface area contributed by atoms with Gasteiger partial charge < -0.3 is 9.88 Å². The van der Waals surface area contributed by atoms with Gasteiger partial charge >= 0.3 is 0 Å². The number of imidazole rings is 1. The molecule has 106 valence electrons. The molecule has 2 bridgehead atoms. The summed E-state index contributed by atoms with van der Waals surface area (Å²) < 4.78 is 2.36. The first-order chi connectivity index (χ1) is 9.33. The number of nitrogens with one attached hydrogen (secondary N) is 1. The quantitative estimate of drug-likeness (QED) is 0.850. The summed E-state index contributed by atoms with van der Waals surface area (Å²) in [6, 6.07) is 0.474. The van der Waals surface area contributed by atoms with E-state index in [4.69, 9.17) is 0 Å². The van der Waals surface area contributed by atoms with Crippen molar-refractivity contribution in [3.05, 3.63) is 18.2 Å². The van der Waals surface area contributed by atoms with E-state index in [0.717, 1.165) is 30.8 Å². The Morgan fingerprint density at radius 2 is 2.26 bits per heavy atom. The number of aryl methyl sites for hydroxylation is 1. The summed E-state index contributed by atoms with van der Waals surface area (Å²) in [6.07, 6.45) is 11.1. The fourth-order valence-corrected chi connectivity index (χ4v) is 4.39. The van der Waals surface area contributed by atoms with Crippen molar-refractivity contribution in [1.82, 2.24) is 14.9 Å². The Kier molecular flexibility index (Phi) is 3.92. The molecule has 1 heterocycles. The van der Waals surface area contributed by atoms with Gasteiger partial charge in [0.15, 0.2) is 0 Å². The largest absolute Gasteiger partial charge is 0.334 e. The van der Waals surface area contributed by atoms with Gasteiger partial charge in [-0.25, -0.2) is 4.98 Å². The zero-order chi connectivity index (χ0) is 13.2. The maximum absolute atomic E-state index is 4.68. The molecular weight excluding hydrogens is 234 g/mol. The van der Waals surface area contributed by atoms with Gasteiger partial charge in [-0.1, -0.05) is 20.3 Å². The molecule has 2 aliphatic rings. The molecule has 2 fully saturated rings. The van der Waals surface area contributed by atoms with E-state index >= 15 is 0 Å². The standard InChI is InChI=1S/C16H27N3/c1-3-8-19-9-7-18-16(19)15(17-4-2)14-11-12-5-6-13(14)10-12/h7,9,12-15,17H,3-6,8,10-11H2,1-2H3. The molecular formula is C16H27N3. The highest BCUT2D eigenvalue weighted by Crippen LogP contribution is 2.52. The van der Waals surface area contributed by atoms with Gasteiger partial charge in [-0.15, -0.1) is 0 Å². The van der Waals surface area contributed by atoms with Crippen molar-refractivity contribution >= 4 is 0 Å². The molecule has 4 unspecified atom stereocenters. The normalized spacial score (nSPS) is 30.9. The van der Waals surface area contributed by atoms with Crippen LogP contribution < -0.4 is 5.32 Å². The molecule has 0 radical (unpaired) electrons. The van der Waals surface area contributed by atoms with E-state index in [0.29, 0.717) is 6.04 Å². The Labute approximate surface area is 116 Å². The topological polar surface area (TPSA) is 29.9 Å². The Bertz CT molecular complexity index is 412. The highest BCUT2D eigenvalue weighted by atomic mass is 15.1. The molecule has 3 heteroatoms. The molecule has 1 aromatic heterocycles. The average molecular weight is 261 g/mol. The first-order valence-electron chi connectivity index (χ1n) is 8.07. The smallest absolute Gasteiger partial charge is 0.126 e. The maximum Gasteiger partial charge on any atom is 0.126 e. The third kappa shape index (κ3) is 2.45. The van der Waals surface area contributed by atoms with Crippen molar-refractivity contribution in [2.24, 2.45) is 17.8 Å². The van der Waals surface area contributed by atoms with Gasteiger partial charge in [0, 0.05) is 18.9 Å². The van der Waals surface area contributed by atoms with Gasteiger partial charge in [0.2, 0.25) is 0 Å². The Balaban J connectivity index is 1.82. The molecule has 0 aromatic carbocycles. The number of hydrogen-bond donors (Lipinski definition) is 1. The molecule has 3 rings (SSSR count). The number of fused-ring (bicyclic) bond motifs is 2. The van der Waals surface area contributed by atoms with Crippen LogP contribution in [0.4, 0.5) is 0 Å². The van der Waals surface area contributed by atoms with E-state index in [2.05, 4.69) is 34.9 Å². The summed E-state index contributed by atoms with van der Waals surface area (Å²) in [6.45, 7) is 6.59. The van der Waals surface area contributed by atoms with E-state index in [1.165, 1.54) is 37.9 Å². The van der Waals surface area contributed by atoms with Gasteiger partial charge in [-0.2, -0.15) is 0 Å². The van der Waals surface area contributed by atoms with E-state index in [1.807, 2.05) is 6.20 Å². The van der Waals surface area contributed by atoms with Crippen LogP contribution in [-0.4, -0.2) is 16.1 Å². The lowest BCUT2D eigenvalue weighted by Crippen LogP contribution is -2.33. The highest BCUT2D eigenvalue weighted by molar-refractivity contribution is 5.06. The minimum absolute atomic E-state index is 0.474. The molecule has 0 amide bonds. The Morgan fingerprint density at radius 1 is 1.37 bits per heavy atom. The summed E-state index contributed by atoms with van der Waals surface area (Å²) in [5.74, 6) is 4.05. The second-order valence-electron chi connectivity index (χ2n) is 6.35. The highest BCUT2D eigenvalue weighted by Gasteiger charge is 2.44. The van der Waals surface area contributed by atoms with Crippen LogP contribution in [0.2, 0.25) is 0 Å². The SMILES string of the molecule is CCCn1ccnc1C(NCC)C1CC2CCC1C2. The first kappa shape index (κ1) is 13.2. The summed E-state index contributed by atoms with van der Waals surface area (Å²) in [5.41, 5.74) is 0. The summed E-state index contributed by atoms with van der Waals surface area (Å²) >= 11 is 0. The maximum atomic E-state index is 4.68. The van der Waals surface area contributed by atoms with Crippen molar-refractivity contribution < 1.29 is 0 Å². The van der Waals surface area contributed by atoms with Crippen molar-refractivity contribution in [2.45, 2.75) is 58.5 Å². The van der Waals surface area contributed by atoms with Crippen LogP contribution in [0.25, 0.3) is 0 Å². The number of rotatable bonds is 6. The first-order valence-corrected chi connectivity index (χ1v) is 8.07. The summed E-state index contributed by atoms with van der Waals surface area (Å²) in [7, 11) is 0. The lowest BCUT2D eigenvalue weighted by atomic mass is 9.83. The Morgan fingerprint density at radius 3 is 2.89 bits per heavy atom. The predicted octanol–water partition coefficient (Wildman–Crippen LogP) is 3.38. The van der Waals surface area contributed by atoms with Crippen LogP contribution in [0.1, 0.15) is 57.8 Å². The third-order valence-corrected chi connectivity index (χ3v) is 5.14. The molecule has 19 heavy (non-hydrogen) atoms. The van der Waals surface area contributed by atoms with Crippen LogP contribution in [0, 0.1) is 17.8 Å². The van der Waals surface area contributed by atoms with E-state index < -0.39 is 0 Å². The molecule has 0 saturated heterocycles. The van der Waals surface area contributed by atoms with Gasteiger partial charge in [-0.05, 0) is 50.0 Å². The molecule has 0 aliphatic heterocycles. The van der Waals surface area contributed by atoms with Gasteiger partial charge in [-0.3, -0.25) is 0 Å². The van der Waals surface area contributed by atoms with Crippen molar-refractivity contribution in [1.29, 1.82) is 0 Å². The fourth-order valence-electron chi connectivity index (χ4n) is 4.39. The number of aromatic nitrogens is 2. The Hall–Kier alpha value is -0.830. The predicted molar refractivity (Wildman–Crippen MR) is 77.9 cm³/mol. The molecule has 1 N–H and O–H groups in total. The molecule has 3 nitrogen and oxygen atoms in total.